The Kier molecular flexibility index (Phi) is 8.62. The lowest BCUT2D eigenvalue weighted by atomic mass is 9.92. The molecule has 0 saturated carbocycles. The molecule has 168 valence electrons. The third-order valence-electron chi connectivity index (χ3n) is 5.78. The van der Waals surface area contributed by atoms with Crippen LogP contribution in [0.1, 0.15) is 63.7 Å². The summed E-state index contributed by atoms with van der Waals surface area (Å²) >= 11 is 1.96. The number of hydrogen-bond donors (Lipinski definition) is 1. The first-order chi connectivity index (χ1) is 14.8. The van der Waals surface area contributed by atoms with E-state index in [2.05, 4.69) is 74.3 Å². The summed E-state index contributed by atoms with van der Waals surface area (Å²) in [5.74, 6) is 0.00615. The highest BCUT2D eigenvalue weighted by Crippen LogP contribution is 2.29. The van der Waals surface area contributed by atoms with Crippen molar-refractivity contribution in [3.8, 4) is 11.1 Å². The Balaban J connectivity index is 1.56. The quantitative estimate of drug-likeness (QED) is 0.478. The van der Waals surface area contributed by atoms with Crippen LogP contribution >= 0.6 is 11.8 Å². The van der Waals surface area contributed by atoms with Gasteiger partial charge in [-0.2, -0.15) is 0 Å². The van der Waals surface area contributed by atoms with Crippen LogP contribution in [0.15, 0.2) is 53.4 Å². The largest absolute Gasteiger partial charge is 0.352 e. The third-order valence-corrected chi connectivity index (χ3v) is 6.85. The van der Waals surface area contributed by atoms with Gasteiger partial charge in [-0.1, -0.05) is 58.4 Å². The van der Waals surface area contributed by atoms with Gasteiger partial charge in [-0.3, -0.25) is 4.79 Å². The summed E-state index contributed by atoms with van der Waals surface area (Å²) < 4.78 is 0. The van der Waals surface area contributed by atoms with Crippen molar-refractivity contribution in [2.45, 2.75) is 63.5 Å². The Morgan fingerprint density at radius 3 is 2.42 bits per heavy atom. The van der Waals surface area contributed by atoms with Crippen molar-refractivity contribution in [3.63, 3.8) is 0 Å². The summed E-state index contributed by atoms with van der Waals surface area (Å²) in [5, 5.41) is 3.61. The number of nitrogens with zero attached hydrogens (tertiary/aromatic N) is 1. The summed E-state index contributed by atoms with van der Waals surface area (Å²) in [7, 11) is 0. The van der Waals surface area contributed by atoms with Crippen LogP contribution in [0.3, 0.4) is 0 Å². The molecule has 1 heterocycles. The molecular formula is C27H38N2OS. The van der Waals surface area contributed by atoms with E-state index in [0.29, 0.717) is 11.8 Å². The summed E-state index contributed by atoms with van der Waals surface area (Å²) in [6.07, 6.45) is 5.05. The van der Waals surface area contributed by atoms with Crippen molar-refractivity contribution < 1.29 is 4.79 Å². The van der Waals surface area contributed by atoms with Gasteiger partial charge in [0.1, 0.15) is 0 Å². The maximum Gasteiger partial charge on any atom is 0.251 e. The molecule has 2 aromatic rings. The maximum atomic E-state index is 12.4. The fraction of sp³-hybridized carbons (Fsp3) is 0.519. The third kappa shape index (κ3) is 8.01. The SMILES string of the molecule is CC(CN1CCCCC1)Sc1cccc(-c2ccc(C(=O)NCCC(C)(C)C)cc2)c1. The zero-order chi connectivity index (χ0) is 22.3. The van der Waals surface area contributed by atoms with Crippen LogP contribution in [0.5, 0.6) is 0 Å². The lowest BCUT2D eigenvalue weighted by molar-refractivity contribution is 0.0949. The summed E-state index contributed by atoms with van der Waals surface area (Å²) in [6.45, 7) is 13.3. The van der Waals surface area contributed by atoms with Crippen LogP contribution in [0.25, 0.3) is 11.1 Å². The smallest absolute Gasteiger partial charge is 0.251 e. The average molecular weight is 439 g/mol. The molecule has 1 fully saturated rings. The molecule has 1 unspecified atom stereocenters. The first kappa shape index (κ1) is 23.9. The van der Waals surface area contributed by atoms with Gasteiger partial charge < -0.3 is 10.2 Å². The maximum absolute atomic E-state index is 12.4. The predicted molar refractivity (Wildman–Crippen MR) is 134 cm³/mol. The highest BCUT2D eigenvalue weighted by atomic mass is 32.2. The van der Waals surface area contributed by atoms with E-state index < -0.39 is 0 Å². The van der Waals surface area contributed by atoms with Gasteiger partial charge in [0.15, 0.2) is 0 Å². The van der Waals surface area contributed by atoms with E-state index in [1.807, 2.05) is 23.9 Å². The molecule has 1 amide bonds. The van der Waals surface area contributed by atoms with Crippen molar-refractivity contribution in [2.75, 3.05) is 26.2 Å². The van der Waals surface area contributed by atoms with Crippen LogP contribution in [-0.4, -0.2) is 42.2 Å². The van der Waals surface area contributed by atoms with E-state index in [4.69, 9.17) is 0 Å². The number of likely N-dealkylation sites (tertiary alicyclic amines) is 1. The molecule has 0 aliphatic carbocycles. The first-order valence-corrected chi connectivity index (χ1v) is 12.6. The second-order valence-electron chi connectivity index (χ2n) is 9.96. The zero-order valence-electron chi connectivity index (χ0n) is 19.6. The minimum atomic E-state index is 0.00615. The lowest BCUT2D eigenvalue weighted by Gasteiger charge is -2.28. The number of amides is 1. The van der Waals surface area contributed by atoms with Gasteiger partial charge >= 0.3 is 0 Å². The number of hydrogen-bond acceptors (Lipinski definition) is 3. The van der Waals surface area contributed by atoms with E-state index in [1.165, 1.54) is 42.8 Å². The van der Waals surface area contributed by atoms with Crippen LogP contribution < -0.4 is 5.32 Å². The Hall–Kier alpha value is -1.78. The highest BCUT2D eigenvalue weighted by Gasteiger charge is 2.15. The van der Waals surface area contributed by atoms with Gasteiger partial charge in [0.25, 0.3) is 5.91 Å². The molecule has 2 aromatic carbocycles. The Labute approximate surface area is 193 Å². The summed E-state index contributed by atoms with van der Waals surface area (Å²) in [6, 6.07) is 16.7. The fourth-order valence-corrected chi connectivity index (χ4v) is 5.09. The Morgan fingerprint density at radius 1 is 1.03 bits per heavy atom. The van der Waals surface area contributed by atoms with Crippen molar-refractivity contribution in [1.29, 1.82) is 0 Å². The minimum Gasteiger partial charge on any atom is -0.352 e. The Bertz CT molecular complexity index is 835. The van der Waals surface area contributed by atoms with Gasteiger partial charge in [0.2, 0.25) is 0 Å². The molecule has 0 spiro atoms. The number of piperidine rings is 1. The van der Waals surface area contributed by atoms with Gasteiger partial charge in [-0.05, 0) is 73.2 Å². The van der Waals surface area contributed by atoms with Crippen LogP contribution in [0.4, 0.5) is 0 Å². The highest BCUT2D eigenvalue weighted by molar-refractivity contribution is 8.00. The molecule has 0 radical (unpaired) electrons. The van der Waals surface area contributed by atoms with Gasteiger partial charge in [-0.15, -0.1) is 11.8 Å². The second-order valence-corrected chi connectivity index (χ2v) is 11.5. The minimum absolute atomic E-state index is 0.00615. The zero-order valence-corrected chi connectivity index (χ0v) is 20.4. The molecule has 1 aliphatic heterocycles. The number of carbonyl (C=O) groups excluding carboxylic acids is 1. The number of nitrogens with one attached hydrogen (secondary N) is 1. The molecule has 3 nitrogen and oxygen atoms in total. The first-order valence-electron chi connectivity index (χ1n) is 11.7. The molecule has 31 heavy (non-hydrogen) atoms. The van der Waals surface area contributed by atoms with Crippen molar-refractivity contribution >= 4 is 17.7 Å². The molecule has 0 bridgehead atoms. The van der Waals surface area contributed by atoms with E-state index in [-0.39, 0.29) is 11.3 Å². The number of thioether (sulfide) groups is 1. The normalized spacial score (nSPS) is 16.1. The topological polar surface area (TPSA) is 32.3 Å². The van der Waals surface area contributed by atoms with Crippen LogP contribution in [-0.2, 0) is 0 Å². The van der Waals surface area contributed by atoms with Crippen molar-refractivity contribution in [3.05, 3.63) is 54.1 Å². The Morgan fingerprint density at radius 2 is 1.74 bits per heavy atom. The van der Waals surface area contributed by atoms with E-state index in [1.54, 1.807) is 0 Å². The molecule has 1 N–H and O–H groups in total. The molecule has 0 aromatic heterocycles. The molecule has 1 saturated heterocycles. The van der Waals surface area contributed by atoms with Crippen LogP contribution in [0.2, 0.25) is 0 Å². The molecule has 4 heteroatoms. The van der Waals surface area contributed by atoms with E-state index >= 15 is 0 Å². The predicted octanol–water partition coefficient (Wildman–Crippen LogP) is 6.49. The van der Waals surface area contributed by atoms with Gasteiger partial charge in [0, 0.05) is 28.8 Å². The second kappa shape index (κ2) is 11.2. The summed E-state index contributed by atoms with van der Waals surface area (Å²) in [4.78, 5) is 16.3. The standard InChI is InChI=1S/C27H38N2OS/c1-21(20-29-17-6-5-7-18-29)31-25-10-8-9-24(19-25)22-11-13-23(14-12-22)26(30)28-16-15-27(2,3)4/h8-14,19,21H,5-7,15-18,20H2,1-4H3,(H,28,30). The molecule has 1 aliphatic rings. The average Bonchev–Trinajstić information content (AvgIpc) is 2.74. The number of benzene rings is 2. The molecule has 3 rings (SSSR count). The molecule has 1 atom stereocenters. The van der Waals surface area contributed by atoms with Crippen LogP contribution in [0, 0.1) is 5.41 Å². The lowest BCUT2D eigenvalue weighted by Crippen LogP contribution is -2.34. The number of carbonyl (C=O) groups is 1. The fourth-order valence-electron chi connectivity index (χ4n) is 3.99. The van der Waals surface area contributed by atoms with E-state index in [9.17, 15) is 4.79 Å². The van der Waals surface area contributed by atoms with Crippen molar-refractivity contribution in [1.82, 2.24) is 10.2 Å². The molecular weight excluding hydrogens is 400 g/mol. The number of rotatable bonds is 8. The van der Waals surface area contributed by atoms with Gasteiger partial charge in [-0.25, -0.2) is 0 Å². The monoisotopic (exact) mass is 438 g/mol. The van der Waals surface area contributed by atoms with Crippen molar-refractivity contribution in [2.24, 2.45) is 5.41 Å². The summed E-state index contributed by atoms with van der Waals surface area (Å²) in [5.41, 5.74) is 3.30. The van der Waals surface area contributed by atoms with Gasteiger partial charge in [0.05, 0.1) is 0 Å². The van der Waals surface area contributed by atoms with E-state index in [0.717, 1.165) is 24.1 Å².